The largest absolute Gasteiger partial charge is 0.507 e. The molecule has 0 aliphatic heterocycles. The molecule has 5 nitrogen and oxygen atoms in total. The fourth-order valence-corrected chi connectivity index (χ4v) is 4.12. The Balaban J connectivity index is 1.42. The van der Waals surface area contributed by atoms with Crippen molar-refractivity contribution in [2.24, 2.45) is 5.10 Å². The standard InChI is InChI=1S/C29H21ClN2O3/c30-26-12-6-4-10-22(26)18-35-28-14-13-19-7-3-5-11-23(19)25(28)17-31-32-29(34)24-15-20-8-1-2-9-21(20)16-27(24)33/h1-17,33H,18H2,(H,32,34). The number of ether oxygens (including phenoxy) is 1. The van der Waals surface area contributed by atoms with E-state index in [1.807, 2.05) is 84.9 Å². The van der Waals surface area contributed by atoms with Gasteiger partial charge in [0.1, 0.15) is 18.1 Å². The molecule has 172 valence electrons. The van der Waals surface area contributed by atoms with Crippen LogP contribution in [-0.4, -0.2) is 17.2 Å². The van der Waals surface area contributed by atoms with Crippen molar-refractivity contribution in [3.8, 4) is 11.5 Å². The predicted molar refractivity (Wildman–Crippen MR) is 140 cm³/mol. The van der Waals surface area contributed by atoms with E-state index in [2.05, 4.69) is 10.5 Å². The second-order valence-corrected chi connectivity index (χ2v) is 8.40. The molecule has 0 heterocycles. The van der Waals surface area contributed by atoms with Crippen LogP contribution in [0.1, 0.15) is 21.5 Å². The van der Waals surface area contributed by atoms with Crippen molar-refractivity contribution >= 4 is 45.3 Å². The Kier molecular flexibility index (Phi) is 6.33. The highest BCUT2D eigenvalue weighted by molar-refractivity contribution is 6.31. The minimum absolute atomic E-state index is 0.106. The van der Waals surface area contributed by atoms with Crippen molar-refractivity contribution in [1.82, 2.24) is 5.43 Å². The highest BCUT2D eigenvalue weighted by Crippen LogP contribution is 2.29. The number of halogens is 1. The summed E-state index contributed by atoms with van der Waals surface area (Å²) in [7, 11) is 0. The van der Waals surface area contributed by atoms with Crippen LogP contribution in [0.25, 0.3) is 21.5 Å². The zero-order valence-electron chi connectivity index (χ0n) is 18.6. The van der Waals surface area contributed by atoms with E-state index >= 15 is 0 Å². The molecule has 0 bridgehead atoms. The third kappa shape index (κ3) is 4.81. The summed E-state index contributed by atoms with van der Waals surface area (Å²) in [5.74, 6) is -0.0104. The van der Waals surface area contributed by atoms with Gasteiger partial charge < -0.3 is 9.84 Å². The molecule has 5 aromatic rings. The Morgan fingerprint density at radius 3 is 2.37 bits per heavy atom. The lowest BCUT2D eigenvalue weighted by molar-refractivity contribution is 0.0952. The van der Waals surface area contributed by atoms with Gasteiger partial charge in [0.05, 0.1) is 11.8 Å². The highest BCUT2D eigenvalue weighted by atomic mass is 35.5. The first-order valence-corrected chi connectivity index (χ1v) is 11.4. The lowest BCUT2D eigenvalue weighted by Crippen LogP contribution is -2.18. The summed E-state index contributed by atoms with van der Waals surface area (Å²) in [5, 5.41) is 18.8. The van der Waals surface area contributed by atoms with Crippen LogP contribution in [-0.2, 0) is 6.61 Å². The number of aromatic hydroxyl groups is 1. The third-order valence-corrected chi connectivity index (χ3v) is 6.11. The van der Waals surface area contributed by atoms with Gasteiger partial charge in [0.2, 0.25) is 0 Å². The summed E-state index contributed by atoms with van der Waals surface area (Å²) < 4.78 is 6.09. The Morgan fingerprint density at radius 2 is 1.57 bits per heavy atom. The predicted octanol–water partition coefficient (Wildman–Crippen LogP) is 6.69. The number of benzene rings is 5. The van der Waals surface area contributed by atoms with Crippen LogP contribution in [0.2, 0.25) is 5.02 Å². The molecule has 0 aliphatic carbocycles. The van der Waals surface area contributed by atoms with Crippen LogP contribution in [0.15, 0.2) is 102 Å². The summed E-state index contributed by atoms with van der Waals surface area (Å²) >= 11 is 6.28. The maximum atomic E-state index is 12.8. The van der Waals surface area contributed by atoms with Crippen molar-refractivity contribution < 1.29 is 14.6 Å². The molecule has 35 heavy (non-hydrogen) atoms. The van der Waals surface area contributed by atoms with Gasteiger partial charge in [-0.05, 0) is 45.8 Å². The van der Waals surface area contributed by atoms with Crippen LogP contribution < -0.4 is 10.2 Å². The van der Waals surface area contributed by atoms with Gasteiger partial charge in [0.25, 0.3) is 5.91 Å². The Morgan fingerprint density at radius 1 is 0.886 bits per heavy atom. The van der Waals surface area contributed by atoms with E-state index in [4.69, 9.17) is 16.3 Å². The maximum absolute atomic E-state index is 12.8. The second kappa shape index (κ2) is 9.87. The molecule has 0 saturated carbocycles. The van der Waals surface area contributed by atoms with E-state index in [1.165, 1.54) is 0 Å². The molecule has 0 radical (unpaired) electrons. The van der Waals surface area contributed by atoms with E-state index in [0.29, 0.717) is 10.8 Å². The van der Waals surface area contributed by atoms with Crippen molar-refractivity contribution in [2.45, 2.75) is 6.61 Å². The van der Waals surface area contributed by atoms with Gasteiger partial charge in [-0.2, -0.15) is 5.10 Å². The first-order valence-electron chi connectivity index (χ1n) is 11.0. The molecule has 0 fully saturated rings. The fraction of sp³-hybridized carbons (Fsp3) is 0.0345. The van der Waals surface area contributed by atoms with Gasteiger partial charge >= 0.3 is 0 Å². The normalized spacial score (nSPS) is 11.2. The lowest BCUT2D eigenvalue weighted by Gasteiger charge is -2.12. The number of hydrogen-bond donors (Lipinski definition) is 2. The van der Waals surface area contributed by atoms with Gasteiger partial charge in [-0.15, -0.1) is 0 Å². The molecule has 2 N–H and O–H groups in total. The van der Waals surface area contributed by atoms with Crippen LogP contribution in [0.4, 0.5) is 0 Å². The summed E-state index contributed by atoms with van der Waals surface area (Å²) in [6, 6.07) is 29.9. The monoisotopic (exact) mass is 480 g/mol. The summed E-state index contributed by atoms with van der Waals surface area (Å²) in [6.45, 7) is 0.288. The number of carbonyl (C=O) groups is 1. The molecule has 0 aliphatic rings. The molecule has 0 aromatic heterocycles. The van der Waals surface area contributed by atoms with E-state index in [-0.39, 0.29) is 17.9 Å². The quantitative estimate of drug-likeness (QED) is 0.210. The lowest BCUT2D eigenvalue weighted by atomic mass is 10.0. The summed E-state index contributed by atoms with van der Waals surface area (Å²) in [4.78, 5) is 12.8. The number of fused-ring (bicyclic) bond motifs is 2. The first-order chi connectivity index (χ1) is 17.1. The molecular weight excluding hydrogens is 460 g/mol. The molecule has 6 heteroatoms. The zero-order valence-corrected chi connectivity index (χ0v) is 19.4. The van der Waals surface area contributed by atoms with Crippen molar-refractivity contribution in [3.05, 3.63) is 119 Å². The SMILES string of the molecule is O=C(NN=Cc1c(OCc2ccccc2Cl)ccc2ccccc12)c1cc2ccccc2cc1O. The number of nitrogens with one attached hydrogen (secondary N) is 1. The van der Waals surface area contributed by atoms with Crippen molar-refractivity contribution in [1.29, 1.82) is 0 Å². The molecule has 0 unspecified atom stereocenters. The van der Waals surface area contributed by atoms with Crippen LogP contribution in [0, 0.1) is 0 Å². The fourth-order valence-electron chi connectivity index (χ4n) is 3.93. The Hall–Kier alpha value is -4.35. The van der Waals surface area contributed by atoms with E-state index in [0.717, 1.165) is 32.7 Å². The minimum atomic E-state index is -0.511. The van der Waals surface area contributed by atoms with Crippen LogP contribution >= 0.6 is 11.6 Å². The molecule has 0 atom stereocenters. The molecule has 1 amide bonds. The van der Waals surface area contributed by atoms with Gasteiger partial charge in [0.15, 0.2) is 0 Å². The Bertz CT molecular complexity index is 1580. The van der Waals surface area contributed by atoms with Gasteiger partial charge in [-0.1, -0.05) is 84.4 Å². The Labute approximate surface area is 207 Å². The molecule has 0 spiro atoms. The zero-order chi connectivity index (χ0) is 24.2. The number of amides is 1. The average molecular weight is 481 g/mol. The van der Waals surface area contributed by atoms with E-state index in [9.17, 15) is 9.90 Å². The maximum Gasteiger partial charge on any atom is 0.275 e. The molecule has 5 rings (SSSR count). The third-order valence-electron chi connectivity index (χ3n) is 5.74. The summed E-state index contributed by atoms with van der Waals surface area (Å²) in [5.41, 5.74) is 4.26. The van der Waals surface area contributed by atoms with Gasteiger partial charge in [0, 0.05) is 16.1 Å². The van der Waals surface area contributed by atoms with Crippen molar-refractivity contribution in [2.75, 3.05) is 0 Å². The minimum Gasteiger partial charge on any atom is -0.507 e. The number of phenols is 1. The average Bonchev–Trinajstić information content (AvgIpc) is 2.88. The second-order valence-electron chi connectivity index (χ2n) is 7.99. The highest BCUT2D eigenvalue weighted by Gasteiger charge is 2.13. The van der Waals surface area contributed by atoms with Crippen molar-refractivity contribution in [3.63, 3.8) is 0 Å². The number of rotatable bonds is 6. The van der Waals surface area contributed by atoms with Gasteiger partial charge in [-0.25, -0.2) is 5.43 Å². The number of hydrogen-bond acceptors (Lipinski definition) is 4. The first kappa shape index (κ1) is 22.4. The topological polar surface area (TPSA) is 70.9 Å². The molecular formula is C29H21ClN2O3. The number of carbonyl (C=O) groups excluding carboxylic acids is 1. The van der Waals surface area contributed by atoms with Crippen LogP contribution in [0.5, 0.6) is 11.5 Å². The van der Waals surface area contributed by atoms with Gasteiger partial charge in [-0.3, -0.25) is 4.79 Å². The van der Waals surface area contributed by atoms with E-state index < -0.39 is 5.91 Å². The number of hydrazone groups is 1. The van der Waals surface area contributed by atoms with Crippen LogP contribution in [0.3, 0.4) is 0 Å². The molecule has 0 saturated heterocycles. The summed E-state index contributed by atoms with van der Waals surface area (Å²) in [6.07, 6.45) is 1.56. The molecule has 5 aromatic carbocycles. The smallest absolute Gasteiger partial charge is 0.275 e. The number of nitrogens with zero attached hydrogens (tertiary/aromatic N) is 1. The van der Waals surface area contributed by atoms with E-state index in [1.54, 1.807) is 18.3 Å². The number of phenolic OH excluding ortho intramolecular Hbond substituents is 1.